The van der Waals surface area contributed by atoms with Crippen LogP contribution in [-0.4, -0.2) is 12.6 Å². The molecule has 0 aliphatic rings. The summed E-state index contributed by atoms with van der Waals surface area (Å²) in [6.45, 7) is 2.62. The highest BCUT2D eigenvalue weighted by Gasteiger charge is 2.24. The number of esters is 1. The Balaban J connectivity index is 2.22. The van der Waals surface area contributed by atoms with Crippen molar-refractivity contribution < 1.29 is 9.53 Å². The molecule has 0 unspecified atom stereocenters. The first kappa shape index (κ1) is 18.2. The predicted octanol–water partition coefficient (Wildman–Crippen LogP) is 6.08. The molecule has 0 aliphatic heterocycles. The van der Waals surface area contributed by atoms with E-state index in [9.17, 15) is 4.79 Å². The number of halogens is 2. The van der Waals surface area contributed by atoms with Crippen molar-refractivity contribution in [1.82, 2.24) is 0 Å². The summed E-state index contributed by atoms with van der Waals surface area (Å²) in [6, 6.07) is 15.6. The van der Waals surface area contributed by atoms with Gasteiger partial charge in [-0.15, -0.1) is 0 Å². The fraction of sp³-hybridized carbons (Fsp3) is 0.316. The lowest BCUT2D eigenvalue weighted by molar-refractivity contribution is -0.144. The van der Waals surface area contributed by atoms with Crippen LogP contribution in [0.4, 0.5) is 0 Å². The van der Waals surface area contributed by atoms with Crippen LogP contribution >= 0.6 is 31.9 Å². The van der Waals surface area contributed by atoms with Crippen molar-refractivity contribution in [3.8, 4) is 0 Å². The highest BCUT2D eigenvalue weighted by atomic mass is 79.9. The van der Waals surface area contributed by atoms with Gasteiger partial charge in [-0.1, -0.05) is 75.9 Å². The largest absolute Gasteiger partial charge is 0.465 e. The van der Waals surface area contributed by atoms with Gasteiger partial charge in [0.05, 0.1) is 6.61 Å². The van der Waals surface area contributed by atoms with Crippen LogP contribution in [0.2, 0.25) is 0 Å². The summed E-state index contributed by atoms with van der Waals surface area (Å²) in [5.74, 6) is -0.580. The molecule has 0 fully saturated rings. The number of ether oxygens (including phenoxy) is 1. The first-order valence-corrected chi connectivity index (χ1v) is 9.38. The molecular weight excluding hydrogens is 420 g/mol. The van der Waals surface area contributed by atoms with E-state index in [0.29, 0.717) is 6.61 Å². The van der Waals surface area contributed by atoms with E-state index in [2.05, 4.69) is 38.8 Å². The van der Waals surface area contributed by atoms with Gasteiger partial charge in [-0.05, 0) is 41.8 Å². The van der Waals surface area contributed by atoms with E-state index < -0.39 is 5.92 Å². The fourth-order valence-corrected chi connectivity index (χ4v) is 2.91. The van der Waals surface area contributed by atoms with E-state index in [1.165, 1.54) is 0 Å². The Labute approximate surface area is 154 Å². The van der Waals surface area contributed by atoms with Crippen LogP contribution in [0.5, 0.6) is 0 Å². The molecule has 0 N–H and O–H groups in total. The minimum Gasteiger partial charge on any atom is -0.465 e. The maximum atomic E-state index is 12.6. The zero-order valence-corrected chi connectivity index (χ0v) is 16.3. The number of carbonyl (C=O) groups excluding carboxylic acids is 1. The van der Waals surface area contributed by atoms with Gasteiger partial charge in [-0.3, -0.25) is 4.79 Å². The van der Waals surface area contributed by atoms with Gasteiger partial charge in [0.25, 0.3) is 0 Å². The Morgan fingerprint density at radius 2 is 1.39 bits per heavy atom. The molecular formula is C19H20Br2O2. The molecule has 122 valence electrons. The smallest absolute Gasteiger partial charge is 0.317 e. The van der Waals surface area contributed by atoms with Crippen molar-refractivity contribution in [3.05, 3.63) is 68.6 Å². The van der Waals surface area contributed by atoms with E-state index in [0.717, 1.165) is 39.3 Å². The molecule has 0 spiro atoms. The molecule has 2 aromatic rings. The summed E-state index contributed by atoms with van der Waals surface area (Å²) in [6.07, 6.45) is 3.10. The lowest BCUT2D eigenvalue weighted by Gasteiger charge is -2.17. The Morgan fingerprint density at radius 1 is 0.913 bits per heavy atom. The summed E-state index contributed by atoms with van der Waals surface area (Å²) < 4.78 is 7.50. The standard InChI is InChI=1S/C19H20Br2O2/c1-2-3-4-13-23-19(22)18(14-5-9-16(20)10-6-14)15-7-11-17(21)12-8-15/h5-12,18H,2-4,13H2,1H3. The van der Waals surface area contributed by atoms with Gasteiger partial charge in [-0.2, -0.15) is 0 Å². The summed E-state index contributed by atoms with van der Waals surface area (Å²) in [5, 5.41) is 0. The lowest BCUT2D eigenvalue weighted by atomic mass is 9.91. The Kier molecular flexibility index (Phi) is 7.31. The highest BCUT2D eigenvalue weighted by Crippen LogP contribution is 2.28. The molecule has 0 heterocycles. The van der Waals surface area contributed by atoms with Gasteiger partial charge in [0.1, 0.15) is 5.92 Å². The number of hydrogen-bond acceptors (Lipinski definition) is 2. The molecule has 0 atom stereocenters. The maximum absolute atomic E-state index is 12.6. The zero-order chi connectivity index (χ0) is 16.7. The minimum absolute atomic E-state index is 0.189. The van der Waals surface area contributed by atoms with E-state index >= 15 is 0 Å². The molecule has 0 aromatic heterocycles. The van der Waals surface area contributed by atoms with Crippen LogP contribution in [0, 0.1) is 0 Å². The van der Waals surface area contributed by atoms with E-state index in [1.807, 2.05) is 48.5 Å². The lowest BCUT2D eigenvalue weighted by Crippen LogP contribution is -2.18. The van der Waals surface area contributed by atoms with Crippen LogP contribution in [0.3, 0.4) is 0 Å². The maximum Gasteiger partial charge on any atom is 0.317 e. The van der Waals surface area contributed by atoms with Gasteiger partial charge in [0.15, 0.2) is 0 Å². The van der Waals surface area contributed by atoms with Crippen LogP contribution in [0.25, 0.3) is 0 Å². The molecule has 2 nitrogen and oxygen atoms in total. The number of rotatable bonds is 7. The van der Waals surface area contributed by atoms with Gasteiger partial charge in [0.2, 0.25) is 0 Å². The van der Waals surface area contributed by atoms with E-state index in [4.69, 9.17) is 4.74 Å². The van der Waals surface area contributed by atoms with Crippen LogP contribution in [-0.2, 0) is 9.53 Å². The molecule has 23 heavy (non-hydrogen) atoms. The average Bonchev–Trinajstić information content (AvgIpc) is 2.55. The second-order valence-corrected chi connectivity index (χ2v) is 7.24. The van der Waals surface area contributed by atoms with Crippen molar-refractivity contribution >= 4 is 37.8 Å². The molecule has 0 bridgehead atoms. The second kappa shape index (κ2) is 9.24. The van der Waals surface area contributed by atoms with Gasteiger partial charge < -0.3 is 4.74 Å². The van der Waals surface area contributed by atoms with E-state index in [-0.39, 0.29) is 5.97 Å². The Morgan fingerprint density at radius 3 is 1.83 bits per heavy atom. The normalized spacial score (nSPS) is 10.8. The zero-order valence-electron chi connectivity index (χ0n) is 13.1. The first-order chi connectivity index (χ1) is 11.1. The SMILES string of the molecule is CCCCCOC(=O)C(c1ccc(Br)cc1)c1ccc(Br)cc1. The van der Waals surface area contributed by atoms with Crippen molar-refractivity contribution in [2.75, 3.05) is 6.61 Å². The monoisotopic (exact) mass is 438 g/mol. The first-order valence-electron chi connectivity index (χ1n) is 7.79. The summed E-state index contributed by atoms with van der Waals surface area (Å²) in [5.41, 5.74) is 1.88. The predicted molar refractivity (Wildman–Crippen MR) is 101 cm³/mol. The minimum atomic E-state index is -0.391. The third-order valence-electron chi connectivity index (χ3n) is 3.63. The third-order valence-corrected chi connectivity index (χ3v) is 4.69. The Bertz CT molecular complexity index is 575. The van der Waals surface area contributed by atoms with Crippen LogP contribution in [0.15, 0.2) is 57.5 Å². The van der Waals surface area contributed by atoms with Crippen LogP contribution < -0.4 is 0 Å². The average molecular weight is 440 g/mol. The topological polar surface area (TPSA) is 26.3 Å². The number of carbonyl (C=O) groups is 1. The van der Waals surface area contributed by atoms with Crippen molar-refractivity contribution in [1.29, 1.82) is 0 Å². The van der Waals surface area contributed by atoms with Gasteiger partial charge in [-0.25, -0.2) is 0 Å². The molecule has 4 heteroatoms. The third kappa shape index (κ3) is 5.47. The van der Waals surface area contributed by atoms with Crippen molar-refractivity contribution in [3.63, 3.8) is 0 Å². The van der Waals surface area contributed by atoms with Crippen molar-refractivity contribution in [2.45, 2.75) is 32.1 Å². The number of benzene rings is 2. The summed E-state index contributed by atoms with van der Waals surface area (Å²) in [4.78, 5) is 12.6. The quantitative estimate of drug-likeness (QED) is 0.386. The highest BCUT2D eigenvalue weighted by molar-refractivity contribution is 9.10. The molecule has 2 aromatic carbocycles. The number of hydrogen-bond donors (Lipinski definition) is 0. The van der Waals surface area contributed by atoms with E-state index in [1.54, 1.807) is 0 Å². The summed E-state index contributed by atoms with van der Waals surface area (Å²) in [7, 11) is 0. The van der Waals surface area contributed by atoms with Gasteiger partial charge in [0, 0.05) is 8.95 Å². The van der Waals surface area contributed by atoms with Crippen molar-refractivity contribution in [2.24, 2.45) is 0 Å². The number of unbranched alkanes of at least 4 members (excludes halogenated alkanes) is 2. The second-order valence-electron chi connectivity index (χ2n) is 5.41. The summed E-state index contributed by atoms with van der Waals surface area (Å²) >= 11 is 6.87. The molecule has 2 rings (SSSR count). The molecule has 0 saturated carbocycles. The van der Waals surface area contributed by atoms with Crippen LogP contribution in [0.1, 0.15) is 43.2 Å². The molecule has 0 radical (unpaired) electrons. The molecule has 0 saturated heterocycles. The van der Waals surface area contributed by atoms with Gasteiger partial charge >= 0.3 is 5.97 Å². The fourth-order valence-electron chi connectivity index (χ4n) is 2.38. The molecule has 0 aliphatic carbocycles. The molecule has 0 amide bonds. The Hall–Kier alpha value is -1.13.